The van der Waals surface area contributed by atoms with Gasteiger partial charge < -0.3 is 15.5 Å². The number of rotatable bonds is 6. The van der Waals surface area contributed by atoms with Gasteiger partial charge >= 0.3 is 0 Å². The summed E-state index contributed by atoms with van der Waals surface area (Å²) in [6.45, 7) is 8.39. The van der Waals surface area contributed by atoms with E-state index in [-0.39, 0.29) is 5.54 Å². The molecule has 1 aromatic heterocycles. The summed E-state index contributed by atoms with van der Waals surface area (Å²) in [5, 5.41) is 11.1. The Hall–Kier alpha value is -1.07. The summed E-state index contributed by atoms with van der Waals surface area (Å²) in [4.78, 5) is 6.49. The van der Waals surface area contributed by atoms with Crippen LogP contribution in [0.5, 0.6) is 0 Å². The number of aliphatic imine (C=N–C) groups is 1. The van der Waals surface area contributed by atoms with Crippen molar-refractivity contribution in [1.29, 1.82) is 0 Å². The highest BCUT2D eigenvalue weighted by atomic mass is 32.1. The van der Waals surface area contributed by atoms with Crippen LogP contribution in [0.2, 0.25) is 0 Å². The first-order valence-electron chi connectivity index (χ1n) is 7.01. The van der Waals surface area contributed by atoms with Crippen molar-refractivity contribution in [2.45, 2.75) is 32.2 Å². The van der Waals surface area contributed by atoms with Gasteiger partial charge in [-0.25, -0.2) is 0 Å². The molecule has 0 fully saturated rings. The quantitative estimate of drug-likeness (QED) is 0.625. The summed E-state index contributed by atoms with van der Waals surface area (Å²) < 4.78 is 0. The molecular formula is C15H28N4S. The highest BCUT2D eigenvalue weighted by molar-refractivity contribution is 7.07. The highest BCUT2D eigenvalue weighted by Gasteiger charge is 2.20. The molecule has 4 nitrogen and oxygen atoms in total. The van der Waals surface area contributed by atoms with Crippen LogP contribution in [0.3, 0.4) is 0 Å². The maximum atomic E-state index is 4.28. The van der Waals surface area contributed by atoms with Gasteiger partial charge in [0.2, 0.25) is 0 Å². The van der Waals surface area contributed by atoms with Crippen LogP contribution in [0.1, 0.15) is 32.3 Å². The zero-order valence-electron chi connectivity index (χ0n) is 13.5. The van der Waals surface area contributed by atoms with Crippen LogP contribution in [0.4, 0.5) is 0 Å². The van der Waals surface area contributed by atoms with Crippen LogP contribution in [-0.4, -0.2) is 50.6 Å². The van der Waals surface area contributed by atoms with E-state index in [1.54, 1.807) is 11.3 Å². The van der Waals surface area contributed by atoms with E-state index in [0.29, 0.717) is 5.92 Å². The second kappa shape index (κ2) is 7.64. The van der Waals surface area contributed by atoms with Crippen molar-refractivity contribution in [3.63, 3.8) is 0 Å². The van der Waals surface area contributed by atoms with E-state index < -0.39 is 0 Å². The van der Waals surface area contributed by atoms with Gasteiger partial charge in [0.05, 0.1) is 0 Å². The van der Waals surface area contributed by atoms with Crippen molar-refractivity contribution in [2.24, 2.45) is 4.99 Å². The molecule has 0 saturated carbocycles. The average Bonchev–Trinajstić information content (AvgIpc) is 2.92. The standard InChI is InChI=1S/C15H28N4S/c1-12(13-7-8-20-10-13)9-17-14(16-4)18-11-15(2,3)19(5)6/h7-8,10,12H,9,11H2,1-6H3,(H2,16,17,18). The smallest absolute Gasteiger partial charge is 0.191 e. The molecule has 5 heteroatoms. The first-order chi connectivity index (χ1) is 9.36. The van der Waals surface area contributed by atoms with Crippen LogP contribution >= 0.6 is 11.3 Å². The molecule has 1 heterocycles. The Bertz CT molecular complexity index is 410. The third-order valence-corrected chi connectivity index (χ3v) is 4.51. The Kier molecular flexibility index (Phi) is 6.49. The monoisotopic (exact) mass is 296 g/mol. The Morgan fingerprint density at radius 1 is 1.40 bits per heavy atom. The molecule has 2 N–H and O–H groups in total. The lowest BCUT2D eigenvalue weighted by molar-refractivity contribution is 0.197. The molecule has 114 valence electrons. The van der Waals surface area contributed by atoms with Gasteiger partial charge in [0, 0.05) is 25.7 Å². The van der Waals surface area contributed by atoms with Crippen LogP contribution in [-0.2, 0) is 0 Å². The Morgan fingerprint density at radius 3 is 2.60 bits per heavy atom. The number of nitrogens with zero attached hydrogens (tertiary/aromatic N) is 2. The normalized spacial score (nSPS) is 14.4. The second-order valence-electron chi connectivity index (χ2n) is 5.97. The summed E-state index contributed by atoms with van der Waals surface area (Å²) in [6, 6.07) is 2.18. The molecule has 0 aromatic carbocycles. The highest BCUT2D eigenvalue weighted by Crippen LogP contribution is 2.17. The van der Waals surface area contributed by atoms with Gasteiger partial charge in [-0.05, 0) is 56.3 Å². The summed E-state index contributed by atoms with van der Waals surface area (Å²) in [6.07, 6.45) is 0. The van der Waals surface area contributed by atoms with E-state index in [0.717, 1.165) is 19.0 Å². The number of guanidine groups is 1. The van der Waals surface area contributed by atoms with Gasteiger partial charge in [-0.15, -0.1) is 0 Å². The predicted octanol–water partition coefficient (Wildman–Crippen LogP) is 2.36. The third-order valence-electron chi connectivity index (χ3n) is 3.81. The van der Waals surface area contributed by atoms with Gasteiger partial charge in [0.25, 0.3) is 0 Å². The van der Waals surface area contributed by atoms with Gasteiger partial charge in [-0.1, -0.05) is 6.92 Å². The van der Waals surface area contributed by atoms with Crippen LogP contribution in [0, 0.1) is 0 Å². The van der Waals surface area contributed by atoms with E-state index in [1.807, 2.05) is 7.05 Å². The molecule has 0 bridgehead atoms. The summed E-state index contributed by atoms with van der Waals surface area (Å²) in [5.74, 6) is 1.35. The van der Waals surface area contributed by atoms with E-state index >= 15 is 0 Å². The van der Waals surface area contributed by atoms with Crippen molar-refractivity contribution >= 4 is 17.3 Å². The van der Waals surface area contributed by atoms with E-state index in [4.69, 9.17) is 0 Å². The maximum Gasteiger partial charge on any atom is 0.191 e. The topological polar surface area (TPSA) is 39.7 Å². The van der Waals surface area contributed by atoms with Crippen molar-refractivity contribution in [3.8, 4) is 0 Å². The molecule has 1 aromatic rings. The summed E-state index contributed by atoms with van der Waals surface area (Å²) in [7, 11) is 6.00. The number of likely N-dealkylation sites (N-methyl/N-ethyl adjacent to an activating group) is 1. The van der Waals surface area contributed by atoms with E-state index in [2.05, 4.69) is 72.2 Å². The third kappa shape index (κ3) is 5.13. The molecule has 0 spiro atoms. The van der Waals surface area contributed by atoms with Gasteiger partial charge in [0.1, 0.15) is 0 Å². The first kappa shape index (κ1) is 17.0. The maximum absolute atomic E-state index is 4.28. The lowest BCUT2D eigenvalue weighted by atomic mass is 10.0. The Labute approximate surface area is 127 Å². The van der Waals surface area contributed by atoms with E-state index in [9.17, 15) is 0 Å². The molecule has 0 aliphatic carbocycles. The lowest BCUT2D eigenvalue weighted by Crippen LogP contribution is -2.51. The summed E-state index contributed by atoms with van der Waals surface area (Å²) in [5.41, 5.74) is 1.47. The molecule has 1 rings (SSSR count). The summed E-state index contributed by atoms with van der Waals surface area (Å²) >= 11 is 1.75. The second-order valence-corrected chi connectivity index (χ2v) is 6.75. The number of thiophene rings is 1. The molecule has 1 unspecified atom stereocenters. The Balaban J connectivity index is 2.41. The minimum absolute atomic E-state index is 0.0938. The van der Waals surface area contributed by atoms with Crippen LogP contribution < -0.4 is 10.6 Å². The lowest BCUT2D eigenvalue weighted by Gasteiger charge is -2.33. The number of hydrogen-bond donors (Lipinski definition) is 2. The fourth-order valence-corrected chi connectivity index (χ4v) is 2.38. The van der Waals surface area contributed by atoms with Crippen molar-refractivity contribution in [3.05, 3.63) is 22.4 Å². The zero-order valence-corrected chi connectivity index (χ0v) is 14.3. The van der Waals surface area contributed by atoms with Crippen LogP contribution in [0.25, 0.3) is 0 Å². The SMILES string of the molecule is CN=C(NCC(C)c1ccsc1)NCC(C)(C)N(C)C. The zero-order chi connectivity index (χ0) is 15.2. The van der Waals surface area contributed by atoms with Crippen molar-refractivity contribution in [1.82, 2.24) is 15.5 Å². The minimum Gasteiger partial charge on any atom is -0.356 e. The Morgan fingerprint density at radius 2 is 2.10 bits per heavy atom. The van der Waals surface area contributed by atoms with Crippen molar-refractivity contribution < 1.29 is 0 Å². The molecule has 0 amide bonds. The van der Waals surface area contributed by atoms with Crippen LogP contribution in [0.15, 0.2) is 21.8 Å². The molecule has 0 radical (unpaired) electrons. The minimum atomic E-state index is 0.0938. The molecule has 0 aliphatic rings. The molecule has 1 atom stereocenters. The van der Waals surface area contributed by atoms with Gasteiger partial charge in [0.15, 0.2) is 5.96 Å². The molecular weight excluding hydrogens is 268 g/mol. The molecule has 20 heavy (non-hydrogen) atoms. The fraction of sp³-hybridized carbons (Fsp3) is 0.667. The number of hydrogen-bond acceptors (Lipinski definition) is 3. The molecule has 0 aliphatic heterocycles. The average molecular weight is 296 g/mol. The van der Waals surface area contributed by atoms with Gasteiger partial charge in [-0.3, -0.25) is 4.99 Å². The predicted molar refractivity (Wildman–Crippen MR) is 89.9 cm³/mol. The van der Waals surface area contributed by atoms with Gasteiger partial charge in [-0.2, -0.15) is 11.3 Å². The fourth-order valence-electron chi connectivity index (χ4n) is 1.60. The van der Waals surface area contributed by atoms with Crippen molar-refractivity contribution in [2.75, 3.05) is 34.2 Å². The first-order valence-corrected chi connectivity index (χ1v) is 7.95. The van der Waals surface area contributed by atoms with E-state index in [1.165, 1.54) is 5.56 Å². The molecule has 0 saturated heterocycles. The largest absolute Gasteiger partial charge is 0.356 e. The number of nitrogens with one attached hydrogen (secondary N) is 2.